The van der Waals surface area contributed by atoms with Crippen LogP contribution in [0.2, 0.25) is 0 Å². The number of nitrogens with one attached hydrogen (secondary N) is 2. The number of hydrogen-bond acceptors (Lipinski definition) is 5. The molecule has 0 bridgehead atoms. The van der Waals surface area contributed by atoms with Crippen LogP contribution in [0.3, 0.4) is 0 Å². The van der Waals surface area contributed by atoms with Crippen LogP contribution >= 0.6 is 21.6 Å². The van der Waals surface area contributed by atoms with Crippen LogP contribution in [0.5, 0.6) is 0 Å². The molecular formula is C12H22N2O3S2. The van der Waals surface area contributed by atoms with Crippen molar-refractivity contribution in [3.63, 3.8) is 0 Å². The minimum Gasteiger partial charge on any atom is -0.467 e. The van der Waals surface area contributed by atoms with Gasteiger partial charge in [0.2, 0.25) is 0 Å². The molecule has 1 unspecified atom stereocenters. The van der Waals surface area contributed by atoms with Crippen LogP contribution in [-0.4, -0.2) is 42.7 Å². The molecular weight excluding hydrogens is 284 g/mol. The van der Waals surface area contributed by atoms with Crippen molar-refractivity contribution in [3.05, 3.63) is 0 Å². The summed E-state index contributed by atoms with van der Waals surface area (Å²) >= 11 is 0. The van der Waals surface area contributed by atoms with Gasteiger partial charge < -0.3 is 15.4 Å². The Labute approximate surface area is 122 Å². The molecule has 1 heterocycles. The zero-order valence-electron chi connectivity index (χ0n) is 11.4. The molecule has 1 saturated heterocycles. The van der Waals surface area contributed by atoms with Gasteiger partial charge in [-0.1, -0.05) is 28.0 Å². The van der Waals surface area contributed by atoms with Crippen molar-refractivity contribution < 1.29 is 14.3 Å². The van der Waals surface area contributed by atoms with Gasteiger partial charge in [0.1, 0.15) is 6.04 Å². The second kappa shape index (κ2) is 9.36. The zero-order valence-corrected chi connectivity index (χ0v) is 13.1. The highest BCUT2D eigenvalue weighted by molar-refractivity contribution is 8.77. The van der Waals surface area contributed by atoms with Gasteiger partial charge in [-0.25, -0.2) is 9.59 Å². The largest absolute Gasteiger partial charge is 0.467 e. The lowest BCUT2D eigenvalue weighted by molar-refractivity contribution is -0.142. The van der Waals surface area contributed by atoms with Crippen LogP contribution in [0.4, 0.5) is 4.79 Å². The summed E-state index contributed by atoms with van der Waals surface area (Å²) in [6.07, 6.45) is 4.63. The third-order valence-electron chi connectivity index (χ3n) is 2.87. The Kier molecular flexibility index (Phi) is 8.13. The van der Waals surface area contributed by atoms with Crippen molar-refractivity contribution in [2.45, 2.75) is 43.9 Å². The number of methoxy groups -OCH3 is 1. The minimum absolute atomic E-state index is 0.316. The van der Waals surface area contributed by atoms with Gasteiger partial charge in [0.25, 0.3) is 0 Å². The van der Waals surface area contributed by atoms with Crippen LogP contribution in [-0.2, 0) is 9.53 Å². The topological polar surface area (TPSA) is 67.4 Å². The lowest BCUT2D eigenvalue weighted by Gasteiger charge is -2.12. The Balaban J connectivity index is 1.99. The van der Waals surface area contributed by atoms with E-state index >= 15 is 0 Å². The van der Waals surface area contributed by atoms with Crippen molar-refractivity contribution >= 4 is 33.6 Å². The van der Waals surface area contributed by atoms with Crippen molar-refractivity contribution in [1.29, 1.82) is 0 Å². The smallest absolute Gasteiger partial charge is 0.328 e. The summed E-state index contributed by atoms with van der Waals surface area (Å²) < 4.78 is 4.53. The van der Waals surface area contributed by atoms with Crippen LogP contribution < -0.4 is 10.6 Å². The van der Waals surface area contributed by atoms with Crippen LogP contribution in [0.15, 0.2) is 0 Å². The molecule has 1 fully saturated rings. The first-order valence-corrected chi connectivity index (χ1v) is 8.92. The van der Waals surface area contributed by atoms with Gasteiger partial charge in [-0.05, 0) is 26.2 Å². The average molecular weight is 306 g/mol. The maximum atomic E-state index is 11.5. The lowest BCUT2D eigenvalue weighted by atomic mass is 10.1. The maximum absolute atomic E-state index is 11.5. The zero-order chi connectivity index (χ0) is 14.1. The molecule has 2 amide bonds. The fourth-order valence-electron chi connectivity index (χ4n) is 1.75. The molecule has 110 valence electrons. The highest BCUT2D eigenvalue weighted by Crippen LogP contribution is 2.39. The van der Waals surface area contributed by atoms with Crippen LogP contribution in [0, 0.1) is 0 Å². The predicted molar refractivity (Wildman–Crippen MR) is 80.3 cm³/mol. The molecule has 19 heavy (non-hydrogen) atoms. The van der Waals surface area contributed by atoms with Gasteiger partial charge in [-0.3, -0.25) is 0 Å². The molecule has 7 heteroatoms. The molecule has 0 aromatic rings. The maximum Gasteiger partial charge on any atom is 0.328 e. The molecule has 2 N–H and O–H groups in total. The highest BCUT2D eigenvalue weighted by Gasteiger charge is 2.16. The molecule has 5 nitrogen and oxygen atoms in total. The first-order valence-electron chi connectivity index (χ1n) is 6.54. The molecule has 0 radical (unpaired) electrons. The first kappa shape index (κ1) is 16.5. The molecule has 0 aromatic heterocycles. The molecule has 0 spiro atoms. The van der Waals surface area contributed by atoms with Crippen molar-refractivity contribution in [2.24, 2.45) is 0 Å². The Morgan fingerprint density at radius 3 is 2.84 bits per heavy atom. The highest BCUT2D eigenvalue weighted by atomic mass is 33.1. The van der Waals surface area contributed by atoms with Gasteiger partial charge in [0, 0.05) is 17.5 Å². The summed E-state index contributed by atoms with van der Waals surface area (Å²) in [4.78, 5) is 22.6. The van der Waals surface area contributed by atoms with Gasteiger partial charge in [-0.15, -0.1) is 0 Å². The fraction of sp³-hybridized carbons (Fsp3) is 0.833. The van der Waals surface area contributed by atoms with Gasteiger partial charge >= 0.3 is 12.0 Å². The number of hydrogen-bond donors (Lipinski definition) is 2. The number of unbranched alkanes of at least 4 members (excludes halogenated alkanes) is 1. The SMILES string of the molecule is COC(=O)C(C)NC(=O)NCCCC[C@H]1CCSS1. The van der Waals surface area contributed by atoms with Gasteiger partial charge in [0.05, 0.1) is 7.11 Å². The molecule has 1 rings (SSSR count). The van der Waals surface area contributed by atoms with E-state index in [2.05, 4.69) is 15.4 Å². The normalized spacial score (nSPS) is 19.8. The molecule has 2 atom stereocenters. The van der Waals surface area contributed by atoms with E-state index < -0.39 is 12.0 Å². The van der Waals surface area contributed by atoms with E-state index in [9.17, 15) is 9.59 Å². The second-order valence-electron chi connectivity index (χ2n) is 4.47. The number of urea groups is 1. The molecule has 1 aliphatic rings. The third-order valence-corrected chi connectivity index (χ3v) is 5.87. The van der Waals surface area contributed by atoms with Crippen molar-refractivity contribution in [1.82, 2.24) is 10.6 Å². The van der Waals surface area contributed by atoms with Crippen LogP contribution in [0.1, 0.15) is 32.6 Å². The number of amides is 2. The first-order chi connectivity index (χ1) is 9.13. The summed E-state index contributed by atoms with van der Waals surface area (Å²) in [5, 5.41) is 6.07. The Morgan fingerprint density at radius 1 is 1.42 bits per heavy atom. The van der Waals surface area contributed by atoms with E-state index in [0.29, 0.717) is 6.54 Å². The molecule has 0 aliphatic carbocycles. The van der Waals surface area contributed by atoms with E-state index in [1.807, 2.05) is 21.6 Å². The van der Waals surface area contributed by atoms with Gasteiger partial charge in [0.15, 0.2) is 0 Å². The van der Waals surface area contributed by atoms with E-state index in [1.165, 1.54) is 25.7 Å². The quantitative estimate of drug-likeness (QED) is 0.429. The fourth-order valence-corrected chi connectivity index (χ4v) is 4.77. The number of esters is 1. The number of carbonyl (C=O) groups is 2. The number of carbonyl (C=O) groups excluding carboxylic acids is 2. The summed E-state index contributed by atoms with van der Waals surface area (Å²) in [6, 6.07) is -0.930. The number of rotatable bonds is 7. The van der Waals surface area contributed by atoms with Crippen molar-refractivity contribution in [3.8, 4) is 0 Å². The standard InChI is InChI=1S/C12H22N2O3S2/c1-9(11(15)17-2)14-12(16)13-7-4-3-5-10-6-8-18-19-10/h9-10H,3-8H2,1-2H3,(H2,13,14,16)/t9?,10-/m0/s1. The Hall–Kier alpha value is -0.560. The van der Waals surface area contributed by atoms with Crippen molar-refractivity contribution in [2.75, 3.05) is 19.4 Å². The van der Waals surface area contributed by atoms with E-state index in [-0.39, 0.29) is 6.03 Å². The Morgan fingerprint density at radius 2 is 2.21 bits per heavy atom. The predicted octanol–water partition coefficient (Wildman–Crippen LogP) is 2.17. The summed E-state index contributed by atoms with van der Waals surface area (Å²) in [6.45, 7) is 2.24. The monoisotopic (exact) mass is 306 g/mol. The minimum atomic E-state index is -0.614. The lowest BCUT2D eigenvalue weighted by Crippen LogP contribution is -2.45. The van der Waals surface area contributed by atoms with E-state index in [4.69, 9.17) is 0 Å². The summed E-state index contributed by atoms with van der Waals surface area (Å²) in [5.74, 6) is 0.826. The summed E-state index contributed by atoms with van der Waals surface area (Å²) in [7, 11) is 5.25. The summed E-state index contributed by atoms with van der Waals surface area (Å²) in [5.41, 5.74) is 0. The van der Waals surface area contributed by atoms with E-state index in [1.54, 1.807) is 6.92 Å². The molecule has 1 aliphatic heterocycles. The molecule has 0 aromatic carbocycles. The second-order valence-corrected chi connectivity index (χ2v) is 7.26. The van der Waals surface area contributed by atoms with Gasteiger partial charge in [-0.2, -0.15) is 0 Å². The van der Waals surface area contributed by atoms with E-state index in [0.717, 1.165) is 18.1 Å². The third kappa shape index (κ3) is 6.96. The number of ether oxygens (including phenoxy) is 1. The molecule has 0 saturated carbocycles. The Bertz CT molecular complexity index is 297. The average Bonchev–Trinajstić information content (AvgIpc) is 2.90. The van der Waals surface area contributed by atoms with Crippen LogP contribution in [0.25, 0.3) is 0 Å².